The monoisotopic (exact) mass is 261 g/mol. The van der Waals surface area contributed by atoms with E-state index in [1.54, 1.807) is 6.07 Å². The second-order valence-electron chi connectivity index (χ2n) is 3.77. The van der Waals surface area contributed by atoms with Crippen molar-refractivity contribution < 1.29 is 0 Å². The lowest BCUT2D eigenvalue weighted by atomic mass is 10.2. The van der Waals surface area contributed by atoms with Gasteiger partial charge in [-0.05, 0) is 11.6 Å². The summed E-state index contributed by atoms with van der Waals surface area (Å²) in [6.45, 7) is 0.278. The largest absolute Gasteiger partial charge is 0.295 e. The molecule has 6 nitrogen and oxygen atoms in total. The molecule has 90 valence electrons. The van der Waals surface area contributed by atoms with Crippen LogP contribution in [0, 0.1) is 0 Å². The molecule has 3 rings (SSSR count). The number of fused-ring (bicyclic) bond motifs is 1. The maximum Gasteiger partial charge on any atom is 0.295 e. The molecule has 1 N–H and O–H groups in total. The Balaban J connectivity index is 2.08. The molecule has 7 heteroatoms. The number of nitrogens with zero attached hydrogens (tertiary/aromatic N) is 4. The van der Waals surface area contributed by atoms with Crippen LogP contribution in [-0.4, -0.2) is 25.2 Å². The van der Waals surface area contributed by atoms with Crippen LogP contribution in [0.1, 0.15) is 5.56 Å². The normalized spacial score (nSPS) is 10.9. The number of benzene rings is 1. The Morgan fingerprint density at radius 1 is 1.33 bits per heavy atom. The van der Waals surface area contributed by atoms with E-state index in [9.17, 15) is 4.79 Å². The summed E-state index contributed by atoms with van der Waals surface area (Å²) in [6.07, 6.45) is 1.46. The van der Waals surface area contributed by atoms with Gasteiger partial charge in [0.25, 0.3) is 5.56 Å². The molecule has 0 aliphatic heterocycles. The molecule has 0 saturated heterocycles. The van der Waals surface area contributed by atoms with Crippen LogP contribution in [0.4, 0.5) is 0 Å². The SMILES string of the molecule is O=c1c2[nH]ncc2nnn1Cc1ccccc1Cl. The standard InChI is InChI=1S/C11H8ClN5O/c12-8-4-2-1-3-7(8)6-17-11(18)10-9(14-16-17)5-13-15-10/h1-5H,6H2,(H,13,15). The van der Waals surface area contributed by atoms with E-state index in [-0.39, 0.29) is 12.1 Å². The van der Waals surface area contributed by atoms with Crippen molar-refractivity contribution in [3.63, 3.8) is 0 Å². The zero-order chi connectivity index (χ0) is 12.5. The van der Waals surface area contributed by atoms with Crippen molar-refractivity contribution in [1.29, 1.82) is 0 Å². The molecule has 0 aliphatic carbocycles. The van der Waals surface area contributed by atoms with Crippen LogP contribution in [0.25, 0.3) is 11.0 Å². The third kappa shape index (κ3) is 1.76. The summed E-state index contributed by atoms with van der Waals surface area (Å²) >= 11 is 6.04. The fraction of sp³-hybridized carbons (Fsp3) is 0.0909. The van der Waals surface area contributed by atoms with Gasteiger partial charge in [0.15, 0.2) is 5.52 Å². The number of nitrogens with one attached hydrogen (secondary N) is 1. The van der Waals surface area contributed by atoms with Crippen molar-refractivity contribution in [2.24, 2.45) is 0 Å². The molecule has 0 amide bonds. The Bertz CT molecular complexity index is 763. The van der Waals surface area contributed by atoms with E-state index in [1.807, 2.05) is 18.2 Å². The zero-order valence-corrected chi connectivity index (χ0v) is 9.92. The number of halogens is 1. The highest BCUT2D eigenvalue weighted by Gasteiger charge is 2.08. The van der Waals surface area contributed by atoms with Gasteiger partial charge in [0, 0.05) is 5.02 Å². The van der Waals surface area contributed by atoms with E-state index < -0.39 is 0 Å². The average molecular weight is 262 g/mol. The highest BCUT2D eigenvalue weighted by atomic mass is 35.5. The lowest BCUT2D eigenvalue weighted by Gasteiger charge is -2.04. The van der Waals surface area contributed by atoms with E-state index in [0.29, 0.717) is 16.1 Å². The number of rotatable bonds is 2. The summed E-state index contributed by atoms with van der Waals surface area (Å²) in [5.41, 5.74) is 1.35. The van der Waals surface area contributed by atoms with Crippen LogP contribution in [0.3, 0.4) is 0 Å². The molecule has 2 heterocycles. The van der Waals surface area contributed by atoms with Gasteiger partial charge in [-0.2, -0.15) is 5.10 Å². The van der Waals surface area contributed by atoms with Gasteiger partial charge >= 0.3 is 0 Å². The Hall–Kier alpha value is -2.21. The molecule has 2 aromatic heterocycles. The van der Waals surface area contributed by atoms with Crippen molar-refractivity contribution in [3.05, 3.63) is 51.4 Å². The molecule has 0 unspecified atom stereocenters. The topological polar surface area (TPSA) is 76.5 Å². The van der Waals surface area contributed by atoms with Crippen molar-refractivity contribution in [2.75, 3.05) is 0 Å². The fourth-order valence-electron chi connectivity index (χ4n) is 1.68. The van der Waals surface area contributed by atoms with Crippen molar-refractivity contribution in [2.45, 2.75) is 6.54 Å². The van der Waals surface area contributed by atoms with Crippen LogP contribution in [-0.2, 0) is 6.54 Å². The highest BCUT2D eigenvalue weighted by molar-refractivity contribution is 6.31. The van der Waals surface area contributed by atoms with E-state index in [1.165, 1.54) is 10.9 Å². The first-order valence-electron chi connectivity index (χ1n) is 5.26. The van der Waals surface area contributed by atoms with Crippen molar-refractivity contribution in [1.82, 2.24) is 25.2 Å². The maximum atomic E-state index is 12.1. The molecule has 0 bridgehead atoms. The molecule has 0 radical (unpaired) electrons. The maximum absolute atomic E-state index is 12.1. The van der Waals surface area contributed by atoms with Gasteiger partial charge in [0.1, 0.15) is 5.52 Å². The molecule has 1 aromatic carbocycles. The Morgan fingerprint density at radius 2 is 2.17 bits per heavy atom. The number of hydrogen-bond donors (Lipinski definition) is 1. The molecule has 0 saturated carbocycles. The van der Waals surface area contributed by atoms with Gasteiger partial charge in [0.05, 0.1) is 12.7 Å². The Labute approximate surface area is 106 Å². The predicted molar refractivity (Wildman–Crippen MR) is 66.5 cm³/mol. The van der Waals surface area contributed by atoms with Crippen LogP contribution in [0.15, 0.2) is 35.3 Å². The van der Waals surface area contributed by atoms with Gasteiger partial charge in [-0.15, -0.1) is 5.10 Å². The molecule has 0 atom stereocenters. The first kappa shape index (κ1) is 10.9. The molecular formula is C11H8ClN5O. The van der Waals surface area contributed by atoms with Crippen LogP contribution >= 0.6 is 11.6 Å². The molecule has 0 spiro atoms. The quantitative estimate of drug-likeness (QED) is 0.752. The van der Waals surface area contributed by atoms with Crippen molar-refractivity contribution >= 4 is 22.6 Å². The summed E-state index contributed by atoms with van der Waals surface area (Å²) in [5, 5.41) is 14.7. The summed E-state index contributed by atoms with van der Waals surface area (Å²) in [4.78, 5) is 12.1. The number of hydrogen-bond acceptors (Lipinski definition) is 4. The average Bonchev–Trinajstić information content (AvgIpc) is 2.84. The molecule has 0 aliphatic rings. The van der Waals surface area contributed by atoms with Gasteiger partial charge in [-0.3, -0.25) is 9.89 Å². The fourth-order valence-corrected chi connectivity index (χ4v) is 1.87. The smallest absolute Gasteiger partial charge is 0.271 e. The lowest BCUT2D eigenvalue weighted by molar-refractivity contribution is 0.600. The third-order valence-corrected chi connectivity index (χ3v) is 2.97. The molecular weight excluding hydrogens is 254 g/mol. The summed E-state index contributed by atoms with van der Waals surface area (Å²) in [7, 11) is 0. The summed E-state index contributed by atoms with van der Waals surface area (Å²) < 4.78 is 1.25. The third-order valence-electron chi connectivity index (χ3n) is 2.61. The first-order valence-corrected chi connectivity index (χ1v) is 5.64. The summed E-state index contributed by atoms with van der Waals surface area (Å²) in [5.74, 6) is 0. The van der Waals surface area contributed by atoms with Crippen LogP contribution in [0.2, 0.25) is 5.02 Å². The second kappa shape index (κ2) is 4.23. The molecule has 0 fully saturated rings. The van der Waals surface area contributed by atoms with E-state index in [2.05, 4.69) is 20.5 Å². The number of H-pyrrole nitrogens is 1. The van der Waals surface area contributed by atoms with Crippen LogP contribution < -0.4 is 5.56 Å². The van der Waals surface area contributed by atoms with Gasteiger partial charge < -0.3 is 0 Å². The lowest BCUT2D eigenvalue weighted by Crippen LogP contribution is -2.24. The zero-order valence-electron chi connectivity index (χ0n) is 9.17. The van der Waals surface area contributed by atoms with E-state index in [0.717, 1.165) is 5.56 Å². The van der Waals surface area contributed by atoms with E-state index in [4.69, 9.17) is 11.6 Å². The van der Waals surface area contributed by atoms with Gasteiger partial charge in [-0.1, -0.05) is 35.0 Å². The van der Waals surface area contributed by atoms with E-state index >= 15 is 0 Å². The minimum Gasteiger partial charge on any atom is -0.271 e. The minimum atomic E-state index is -0.266. The van der Waals surface area contributed by atoms with Gasteiger partial charge in [0.2, 0.25) is 0 Å². The molecule has 3 aromatic rings. The number of aromatic amines is 1. The predicted octanol–water partition coefficient (Wildman–Crippen LogP) is 1.22. The Kier molecular flexibility index (Phi) is 2.56. The minimum absolute atomic E-state index is 0.266. The molecule has 18 heavy (non-hydrogen) atoms. The second-order valence-corrected chi connectivity index (χ2v) is 4.18. The highest BCUT2D eigenvalue weighted by Crippen LogP contribution is 2.15. The van der Waals surface area contributed by atoms with Crippen LogP contribution in [0.5, 0.6) is 0 Å². The first-order chi connectivity index (χ1) is 8.75. The summed E-state index contributed by atoms with van der Waals surface area (Å²) in [6, 6.07) is 7.30. The van der Waals surface area contributed by atoms with Crippen molar-refractivity contribution in [3.8, 4) is 0 Å². The van der Waals surface area contributed by atoms with Gasteiger partial charge in [-0.25, -0.2) is 4.68 Å². The number of aromatic nitrogens is 5. The Morgan fingerprint density at radius 3 is 3.00 bits per heavy atom.